The number of carboxylic acid groups (broad SMARTS) is 2. The van der Waals surface area contributed by atoms with E-state index in [9.17, 15) is 54.0 Å². The Labute approximate surface area is 558 Å². The van der Waals surface area contributed by atoms with Crippen LogP contribution in [0.4, 0.5) is 0 Å². The Morgan fingerprint density at radius 3 is 1.77 bits per heavy atom. The fraction of sp³-hybridized carbons (Fsp3) is 0.779. The number of nitrogens with zero attached hydrogens (tertiary/aromatic N) is 1. The van der Waals surface area contributed by atoms with E-state index in [4.69, 9.17) is 29.5 Å². The molecular weight excluding hydrogens is 1190 g/mol. The zero-order chi connectivity index (χ0) is 68.7. The lowest BCUT2D eigenvalue weighted by molar-refractivity contribution is -0.164. The highest BCUT2D eigenvalue weighted by Crippen LogP contribution is 2.71. The van der Waals surface area contributed by atoms with Gasteiger partial charge in [0.05, 0.1) is 12.2 Å². The molecule has 20 atom stereocenters. The van der Waals surface area contributed by atoms with Crippen molar-refractivity contribution in [1.29, 1.82) is 0 Å². The summed E-state index contributed by atoms with van der Waals surface area (Å²) in [5, 5.41) is 58.3. The zero-order valence-electron chi connectivity index (χ0n) is 58.2. The summed E-state index contributed by atoms with van der Waals surface area (Å²) in [4.78, 5) is 96.8. The van der Waals surface area contributed by atoms with Crippen LogP contribution < -0.4 is 0 Å². The first kappa shape index (κ1) is 73.3. The van der Waals surface area contributed by atoms with E-state index < -0.39 is 64.5 Å². The number of aliphatic imine (C=N–C) groups is 1. The third-order valence-corrected chi connectivity index (χ3v) is 27.8. The number of unbranched alkanes of at least 4 members (excludes halogenated alkanes) is 6. The van der Waals surface area contributed by atoms with Crippen molar-refractivity contribution < 1.29 is 78.5 Å². The van der Waals surface area contributed by atoms with Crippen LogP contribution in [0.3, 0.4) is 0 Å². The van der Waals surface area contributed by atoms with Gasteiger partial charge in [-0.05, 0) is 210 Å². The van der Waals surface area contributed by atoms with E-state index in [-0.39, 0.29) is 69.5 Å². The van der Waals surface area contributed by atoms with Gasteiger partial charge in [-0.1, -0.05) is 110 Å². The first-order valence-electron chi connectivity index (χ1n) is 36.2. The topological polar surface area (TPSA) is 289 Å². The van der Waals surface area contributed by atoms with Crippen LogP contribution in [0, 0.1) is 85.8 Å². The predicted molar refractivity (Wildman–Crippen MR) is 356 cm³/mol. The smallest absolute Gasteiger partial charge is 0.303 e. The number of carbonyl (C=O) groups excluding carboxylic acids is 6. The van der Waals surface area contributed by atoms with E-state index in [1.807, 2.05) is 18.2 Å². The highest BCUT2D eigenvalue weighted by molar-refractivity contribution is 6.01. The Morgan fingerprint density at radius 1 is 0.628 bits per heavy atom. The number of ether oxygens (including phenoxy) is 2. The van der Waals surface area contributed by atoms with E-state index in [0.29, 0.717) is 67.5 Å². The standard InChI is InChI=1S/C25H31NO6.C21H30O4.C19H28O2.C10H20O2.C2H4O2/c1-13-26-25(20(30)12-31-14(2)27)21(32-13)10-18-17-6-5-15-9-16(28)7-8-23(15,3)22(17)19(29)11-24(18,25)4;1-19-8-5-14(23)11-13(19)3-4-15-16(19)6-9-20(2)17(15)7-10-21(20,25)18(24)12-22;1-18-9-7-13(20)11-12(18)3-4-14-15-5-6-17(21)19(15,2)10-8-16(14)18;1-2-3-4-5-6-7-8-9-10(11)12;1-2(3)4/h7-9,17-19,21-22,29H,5-6,10-12H2,1-4H3;11,15-17,22,25H,3-10,12H2,1-2H3;11,14-17,21H,3-10H2,1-2H3;2-9H2,1H3,(H,11,12);1H3,(H,3,4)/t17-,18-,19-,21+,22+,23-,24-,25+;15-,16+,17+,19+,20+,21+;14-,15-,16-,17-,18-,19-;;/m010../s1. The average Bonchev–Trinajstić information content (AvgIpc) is 1.48. The van der Waals surface area contributed by atoms with E-state index in [1.54, 1.807) is 19.1 Å². The van der Waals surface area contributed by atoms with Crippen LogP contribution in [0.2, 0.25) is 0 Å². The minimum absolute atomic E-state index is 0.00898. The first-order valence-corrected chi connectivity index (χ1v) is 36.2. The van der Waals surface area contributed by atoms with E-state index in [2.05, 4.69) is 48.5 Å². The highest BCUT2D eigenvalue weighted by Gasteiger charge is 2.75. The molecule has 0 aromatic heterocycles. The molecule has 0 bridgehead atoms. The summed E-state index contributed by atoms with van der Waals surface area (Å²) in [6, 6.07) is 0. The average molecular weight is 1310 g/mol. The van der Waals surface area contributed by atoms with Crippen molar-refractivity contribution >= 4 is 52.7 Å². The first-order chi connectivity index (χ1) is 44.2. The quantitative estimate of drug-likeness (QED) is 0.0738. The molecule has 0 saturated heterocycles. The molecule has 0 aromatic carbocycles. The van der Waals surface area contributed by atoms with Crippen molar-refractivity contribution in [1.82, 2.24) is 0 Å². The van der Waals surface area contributed by atoms with Gasteiger partial charge < -0.3 is 40.1 Å². The number of aliphatic hydroxyl groups excluding tert-OH is 3. The van der Waals surface area contributed by atoms with Crippen molar-refractivity contribution in [3.63, 3.8) is 0 Å². The number of aliphatic carboxylic acids is 2. The number of ketones is 5. The second-order valence-corrected chi connectivity index (χ2v) is 32.5. The number of hydrogen-bond donors (Lipinski definition) is 6. The molecule has 0 amide bonds. The summed E-state index contributed by atoms with van der Waals surface area (Å²) in [6.45, 7) is 18.8. The van der Waals surface area contributed by atoms with Gasteiger partial charge in [-0.25, -0.2) is 4.99 Å². The highest BCUT2D eigenvalue weighted by atomic mass is 16.5. The number of hydrogen-bond acceptors (Lipinski definition) is 15. The normalized spacial score (nSPS) is 42.1. The Hall–Kier alpha value is -4.97. The number of aliphatic hydroxyl groups is 4. The third kappa shape index (κ3) is 13.2. The number of fused-ring (bicyclic) bond motifs is 17. The maximum Gasteiger partial charge on any atom is 0.303 e. The summed E-state index contributed by atoms with van der Waals surface area (Å²) < 4.78 is 11.2. The van der Waals surface area contributed by atoms with Crippen LogP contribution in [0.25, 0.3) is 0 Å². The minimum atomic E-state index is -1.36. The molecule has 17 nitrogen and oxygen atoms in total. The number of allylic oxidation sites excluding steroid dienone is 6. The minimum Gasteiger partial charge on any atom is -0.481 e. The van der Waals surface area contributed by atoms with Gasteiger partial charge in [0.25, 0.3) is 5.97 Å². The van der Waals surface area contributed by atoms with Crippen LogP contribution in [-0.2, 0) is 47.8 Å². The van der Waals surface area contributed by atoms with Crippen LogP contribution in [-0.4, -0.2) is 126 Å². The molecule has 9 fully saturated rings. The van der Waals surface area contributed by atoms with E-state index in [0.717, 1.165) is 114 Å². The number of carbonyl (C=O) groups is 8. The van der Waals surface area contributed by atoms with Gasteiger partial charge in [0.2, 0.25) is 5.78 Å². The van der Waals surface area contributed by atoms with Gasteiger partial charge in [-0.15, -0.1) is 0 Å². The monoisotopic (exact) mass is 1310 g/mol. The molecule has 6 N–H and O–H groups in total. The molecule has 12 aliphatic carbocycles. The van der Waals surface area contributed by atoms with E-state index >= 15 is 0 Å². The Bertz CT molecular complexity index is 3080. The summed E-state index contributed by atoms with van der Waals surface area (Å²) in [7, 11) is 0. The largest absolute Gasteiger partial charge is 0.481 e. The van der Waals surface area contributed by atoms with Crippen LogP contribution in [0.1, 0.15) is 249 Å². The lowest BCUT2D eigenvalue weighted by Gasteiger charge is -2.59. The van der Waals surface area contributed by atoms with Gasteiger partial charge in [-0.2, -0.15) is 0 Å². The number of Topliss-reactive ketones (excluding diaryl/α,β-unsaturated/α-hetero) is 2. The van der Waals surface area contributed by atoms with Crippen LogP contribution in [0.5, 0.6) is 0 Å². The van der Waals surface area contributed by atoms with Gasteiger partial charge in [0, 0.05) is 62.2 Å². The summed E-state index contributed by atoms with van der Waals surface area (Å²) in [5.41, 5.74) is 0.511. The molecule has 0 unspecified atom stereocenters. The third-order valence-electron chi connectivity index (χ3n) is 27.8. The van der Waals surface area contributed by atoms with Crippen molar-refractivity contribution in [2.45, 2.75) is 278 Å². The van der Waals surface area contributed by atoms with Crippen LogP contribution in [0.15, 0.2) is 52.1 Å². The molecule has 1 heterocycles. The molecular formula is C77H113NO16. The molecule has 0 aromatic rings. The second-order valence-electron chi connectivity index (χ2n) is 32.5. The molecule has 17 heteroatoms. The summed E-state index contributed by atoms with van der Waals surface area (Å²) >= 11 is 0. The van der Waals surface area contributed by atoms with Crippen LogP contribution >= 0.6 is 0 Å². The lowest BCUT2D eigenvalue weighted by Crippen LogP contribution is -2.62. The molecule has 94 heavy (non-hydrogen) atoms. The SMILES string of the molecule is CC(=O)O.CC(=O)OCC(=O)[C@@]12N=C(C)O[C@@H]1C[C@H]1[C@@H]3CCC4=CC(=O)C=C[C@]4(C)[C@H]3[C@@H](O)C[C@@]12C.CCCCCCCCCC(=O)O.C[C@]12CCC(=O)C=C1CC[C@@H]1[C@@H]2CC[C@@]2(C)[C@H]1CC[C@]2(O)C(=O)CO.C[C@]12CC[C@H]3[C@@H](CCC4=CC(=O)CC[C@@]43C)[C@@H]1CC[C@@H]2O. The maximum atomic E-state index is 13.5. The second kappa shape index (κ2) is 28.5. The van der Waals surface area contributed by atoms with Crippen molar-refractivity contribution in [3.8, 4) is 0 Å². The van der Waals surface area contributed by atoms with E-state index in [1.165, 1.54) is 75.9 Å². The Balaban J connectivity index is 0.000000151. The van der Waals surface area contributed by atoms with Gasteiger partial charge in [0.15, 0.2) is 41.2 Å². The molecule has 9 saturated carbocycles. The fourth-order valence-electron chi connectivity index (χ4n) is 22.9. The lowest BCUT2D eigenvalue weighted by atomic mass is 9.46. The van der Waals surface area contributed by atoms with Crippen molar-refractivity contribution in [3.05, 3.63) is 47.1 Å². The van der Waals surface area contributed by atoms with Gasteiger partial charge in [-0.3, -0.25) is 38.4 Å². The predicted octanol–water partition coefficient (Wildman–Crippen LogP) is 12.6. The Kier molecular flexibility index (Phi) is 22.2. The number of rotatable bonds is 13. The molecule has 13 aliphatic rings. The van der Waals surface area contributed by atoms with Gasteiger partial charge in [0.1, 0.15) is 18.3 Å². The maximum absolute atomic E-state index is 13.5. The summed E-state index contributed by atoms with van der Waals surface area (Å²) in [5.74, 6) is 2.33. The summed E-state index contributed by atoms with van der Waals surface area (Å²) in [6.07, 6.45) is 35.1. The Morgan fingerprint density at radius 2 is 1.18 bits per heavy atom. The zero-order valence-corrected chi connectivity index (χ0v) is 58.2. The van der Waals surface area contributed by atoms with Crippen molar-refractivity contribution in [2.24, 2.45) is 90.7 Å². The molecule has 0 radical (unpaired) electrons. The molecule has 1 aliphatic heterocycles. The van der Waals surface area contributed by atoms with Crippen molar-refractivity contribution in [2.75, 3.05) is 13.2 Å². The fourth-order valence-corrected chi connectivity index (χ4v) is 22.9. The molecule has 0 spiro atoms. The number of esters is 1. The van der Waals surface area contributed by atoms with Gasteiger partial charge >= 0.3 is 11.9 Å². The molecule has 13 rings (SSSR count). The molecule has 522 valence electrons. The number of carboxylic acids is 2.